The number of rotatable bonds is 5. The fraction of sp³-hybridized carbons (Fsp3) is 0.500. The molecule has 0 saturated carbocycles. The minimum Gasteiger partial charge on any atom is -0.465 e. The summed E-state index contributed by atoms with van der Waals surface area (Å²) in [6.45, 7) is 6.05. The zero-order valence-electron chi connectivity index (χ0n) is 10.9. The van der Waals surface area contributed by atoms with Crippen LogP contribution in [0.5, 0.6) is 0 Å². The summed E-state index contributed by atoms with van der Waals surface area (Å²) < 4.78 is 7.47. The summed E-state index contributed by atoms with van der Waals surface area (Å²) >= 11 is 0. The van der Waals surface area contributed by atoms with Crippen LogP contribution >= 0.6 is 0 Å². The van der Waals surface area contributed by atoms with Crippen LogP contribution in [-0.4, -0.2) is 14.8 Å². The summed E-state index contributed by atoms with van der Waals surface area (Å²) in [5, 5.41) is 4.21. The fourth-order valence-electron chi connectivity index (χ4n) is 1.92. The molecule has 0 radical (unpaired) electrons. The van der Waals surface area contributed by atoms with E-state index in [4.69, 9.17) is 10.3 Å². The van der Waals surface area contributed by atoms with E-state index in [9.17, 15) is 0 Å². The monoisotopic (exact) mass is 249 g/mol. The van der Waals surface area contributed by atoms with Crippen molar-refractivity contribution in [3.8, 4) is 0 Å². The highest BCUT2D eigenvalue weighted by molar-refractivity contribution is 5.11. The van der Waals surface area contributed by atoms with Gasteiger partial charge in [0.05, 0.1) is 6.04 Å². The third-order valence-corrected chi connectivity index (χ3v) is 2.83. The van der Waals surface area contributed by atoms with Gasteiger partial charge in [0.15, 0.2) is 0 Å². The van der Waals surface area contributed by atoms with Gasteiger partial charge < -0.3 is 4.42 Å². The molecule has 0 amide bonds. The van der Waals surface area contributed by atoms with E-state index in [1.165, 1.54) is 0 Å². The first-order valence-electron chi connectivity index (χ1n) is 6.02. The molecular formula is C12H19N5O. The molecular weight excluding hydrogens is 230 g/mol. The van der Waals surface area contributed by atoms with Crippen molar-refractivity contribution in [3.05, 3.63) is 35.8 Å². The summed E-state index contributed by atoms with van der Waals surface area (Å²) in [6, 6.07) is 4.03. The molecule has 0 bridgehead atoms. The number of aryl methyl sites for hydroxylation is 1. The van der Waals surface area contributed by atoms with E-state index in [-0.39, 0.29) is 12.1 Å². The minimum atomic E-state index is -0.0969. The molecule has 6 nitrogen and oxygen atoms in total. The van der Waals surface area contributed by atoms with E-state index >= 15 is 0 Å². The van der Waals surface area contributed by atoms with Crippen molar-refractivity contribution in [1.29, 1.82) is 0 Å². The number of nitrogens with one attached hydrogen (secondary N) is 1. The molecule has 0 fully saturated rings. The van der Waals surface area contributed by atoms with Crippen LogP contribution in [0, 0.1) is 6.92 Å². The van der Waals surface area contributed by atoms with Crippen LogP contribution in [0.3, 0.4) is 0 Å². The van der Waals surface area contributed by atoms with Crippen molar-refractivity contribution < 1.29 is 4.42 Å². The fourth-order valence-corrected chi connectivity index (χ4v) is 1.92. The van der Waals surface area contributed by atoms with Crippen LogP contribution in [0.4, 0.5) is 0 Å². The van der Waals surface area contributed by atoms with Crippen LogP contribution in [0.15, 0.2) is 22.9 Å². The summed E-state index contributed by atoms with van der Waals surface area (Å²) in [6.07, 6.45) is 2.21. The largest absolute Gasteiger partial charge is 0.465 e. The summed E-state index contributed by atoms with van der Waals surface area (Å²) in [4.78, 5) is 4.27. The zero-order chi connectivity index (χ0) is 13.1. The number of hydrogen-bond donors (Lipinski definition) is 2. The van der Waals surface area contributed by atoms with Gasteiger partial charge in [-0.15, -0.1) is 0 Å². The highest BCUT2D eigenvalue weighted by Crippen LogP contribution is 2.20. The molecule has 0 aliphatic carbocycles. The third-order valence-electron chi connectivity index (χ3n) is 2.83. The van der Waals surface area contributed by atoms with Gasteiger partial charge >= 0.3 is 0 Å². The number of nitrogens with zero attached hydrogens (tertiary/aromatic N) is 3. The van der Waals surface area contributed by atoms with Crippen LogP contribution < -0.4 is 11.3 Å². The topological polar surface area (TPSA) is 81.9 Å². The molecule has 2 rings (SSSR count). The third kappa shape index (κ3) is 2.60. The van der Waals surface area contributed by atoms with Crippen molar-refractivity contribution in [2.45, 2.75) is 39.3 Å². The molecule has 1 unspecified atom stereocenters. The number of hydrogen-bond acceptors (Lipinski definition) is 5. The molecule has 98 valence electrons. The lowest BCUT2D eigenvalue weighted by molar-refractivity contribution is 0.388. The minimum absolute atomic E-state index is 0.0969. The van der Waals surface area contributed by atoms with Gasteiger partial charge in [-0.3, -0.25) is 5.84 Å². The second-order valence-electron chi connectivity index (χ2n) is 4.59. The molecule has 0 aromatic carbocycles. The highest BCUT2D eigenvalue weighted by Gasteiger charge is 2.18. The first-order chi connectivity index (χ1) is 8.61. The first kappa shape index (κ1) is 12.8. The van der Waals surface area contributed by atoms with Gasteiger partial charge in [0, 0.05) is 12.5 Å². The number of furan rings is 1. The molecule has 0 spiro atoms. The smallest absolute Gasteiger partial charge is 0.138 e. The molecule has 18 heavy (non-hydrogen) atoms. The van der Waals surface area contributed by atoms with Crippen molar-refractivity contribution in [2.24, 2.45) is 5.84 Å². The van der Waals surface area contributed by atoms with Crippen LogP contribution in [0.1, 0.15) is 43.3 Å². The Morgan fingerprint density at radius 2 is 2.22 bits per heavy atom. The molecule has 3 N–H and O–H groups in total. The highest BCUT2D eigenvalue weighted by atomic mass is 16.3. The SMILES string of the molecule is Cc1ccc(C(Cc2ncnn2C(C)C)NN)o1. The van der Waals surface area contributed by atoms with E-state index in [0.717, 1.165) is 17.3 Å². The van der Waals surface area contributed by atoms with Crippen molar-refractivity contribution in [2.75, 3.05) is 0 Å². The number of aromatic nitrogens is 3. The summed E-state index contributed by atoms with van der Waals surface area (Å²) in [5.41, 5.74) is 2.76. The second-order valence-corrected chi connectivity index (χ2v) is 4.59. The average molecular weight is 249 g/mol. The van der Waals surface area contributed by atoms with Gasteiger partial charge in [-0.25, -0.2) is 15.1 Å². The van der Waals surface area contributed by atoms with Crippen molar-refractivity contribution in [3.63, 3.8) is 0 Å². The molecule has 0 saturated heterocycles. The summed E-state index contributed by atoms with van der Waals surface area (Å²) in [5.74, 6) is 8.16. The van der Waals surface area contributed by atoms with Crippen LogP contribution in [-0.2, 0) is 6.42 Å². The maximum atomic E-state index is 5.59. The van der Waals surface area contributed by atoms with Crippen LogP contribution in [0.2, 0.25) is 0 Å². The van der Waals surface area contributed by atoms with Gasteiger partial charge in [0.2, 0.25) is 0 Å². The molecule has 0 aliphatic rings. The molecule has 1 atom stereocenters. The lowest BCUT2D eigenvalue weighted by Crippen LogP contribution is -2.30. The quantitative estimate of drug-likeness (QED) is 0.620. The van der Waals surface area contributed by atoms with Crippen molar-refractivity contribution in [1.82, 2.24) is 20.2 Å². The second kappa shape index (κ2) is 5.32. The van der Waals surface area contributed by atoms with E-state index in [1.807, 2.05) is 23.7 Å². The Hall–Kier alpha value is -1.66. The molecule has 0 aliphatic heterocycles. The normalized spacial score (nSPS) is 13.2. The zero-order valence-corrected chi connectivity index (χ0v) is 10.9. The van der Waals surface area contributed by atoms with E-state index < -0.39 is 0 Å². The predicted octanol–water partition coefficient (Wildman–Crippen LogP) is 1.51. The van der Waals surface area contributed by atoms with E-state index in [0.29, 0.717) is 6.42 Å². The van der Waals surface area contributed by atoms with Crippen molar-refractivity contribution >= 4 is 0 Å². The Balaban J connectivity index is 2.18. The maximum absolute atomic E-state index is 5.59. The Labute approximate surface area is 106 Å². The standard InChI is InChI=1S/C12H19N5O/c1-8(2)17-12(14-7-15-17)6-10(16-13)11-5-4-9(3)18-11/h4-5,7-8,10,16H,6,13H2,1-3H3. The molecule has 6 heteroatoms. The molecule has 2 heterocycles. The lowest BCUT2D eigenvalue weighted by Gasteiger charge is -2.15. The Kier molecular flexibility index (Phi) is 3.78. The number of nitrogens with two attached hydrogens (primary N) is 1. The Bertz CT molecular complexity index is 502. The van der Waals surface area contributed by atoms with Gasteiger partial charge in [0.25, 0.3) is 0 Å². The van der Waals surface area contributed by atoms with Gasteiger partial charge in [0.1, 0.15) is 23.7 Å². The van der Waals surface area contributed by atoms with Gasteiger partial charge in [-0.1, -0.05) is 0 Å². The van der Waals surface area contributed by atoms with Gasteiger partial charge in [-0.2, -0.15) is 5.10 Å². The first-order valence-corrected chi connectivity index (χ1v) is 6.02. The number of hydrazine groups is 1. The maximum Gasteiger partial charge on any atom is 0.138 e. The average Bonchev–Trinajstić information content (AvgIpc) is 2.94. The Morgan fingerprint density at radius 3 is 2.78 bits per heavy atom. The van der Waals surface area contributed by atoms with E-state index in [2.05, 4.69) is 29.4 Å². The molecule has 2 aromatic rings. The van der Waals surface area contributed by atoms with E-state index in [1.54, 1.807) is 6.33 Å². The predicted molar refractivity (Wildman–Crippen MR) is 67.6 cm³/mol. The molecule has 2 aromatic heterocycles. The lowest BCUT2D eigenvalue weighted by atomic mass is 10.1. The summed E-state index contributed by atoms with van der Waals surface area (Å²) in [7, 11) is 0. The van der Waals surface area contributed by atoms with Gasteiger partial charge in [-0.05, 0) is 32.9 Å². The van der Waals surface area contributed by atoms with Crippen LogP contribution in [0.25, 0.3) is 0 Å². The Morgan fingerprint density at radius 1 is 1.44 bits per heavy atom.